The molecule has 5 aromatic carbocycles. The number of aryl methyl sites for hydroxylation is 2. The second kappa shape index (κ2) is 14.8. The molecule has 0 saturated carbocycles. The molecule has 228 valence electrons. The fourth-order valence-corrected chi connectivity index (χ4v) is 5.96. The summed E-state index contributed by atoms with van der Waals surface area (Å²) < 4.78 is 0. The summed E-state index contributed by atoms with van der Waals surface area (Å²) in [5.41, 5.74) is 11.1. The third-order valence-corrected chi connectivity index (χ3v) is 7.97. The van der Waals surface area contributed by atoms with Crippen LogP contribution >= 0.6 is 0 Å². The Morgan fingerprint density at radius 2 is 0.867 bits per heavy atom. The van der Waals surface area contributed by atoms with Gasteiger partial charge in [0.2, 0.25) is 0 Å². The number of allylic oxidation sites excluding steroid dienone is 2. The first-order chi connectivity index (χ1) is 21.9. The maximum Gasteiger partial charge on any atom is 0.0497 e. The van der Waals surface area contributed by atoms with E-state index in [1.807, 2.05) is 12.2 Å². The van der Waals surface area contributed by atoms with E-state index in [1.54, 1.807) is 0 Å². The molecular weight excluding hydrogens is 544 g/mol. The van der Waals surface area contributed by atoms with E-state index in [1.165, 1.54) is 28.1 Å². The lowest BCUT2D eigenvalue weighted by molar-refractivity contribution is 0.411. The Morgan fingerprint density at radius 3 is 1.20 bits per heavy atom. The van der Waals surface area contributed by atoms with Crippen LogP contribution in [0, 0.1) is 5.41 Å². The highest BCUT2D eigenvalue weighted by molar-refractivity contribution is 5.85. The van der Waals surface area contributed by atoms with Crippen LogP contribution in [0.2, 0.25) is 0 Å². The Hall–Kier alpha value is -4.82. The summed E-state index contributed by atoms with van der Waals surface area (Å²) in [6.07, 6.45) is 8.64. The zero-order chi connectivity index (χ0) is 31.6. The molecule has 0 atom stereocenters. The summed E-state index contributed by atoms with van der Waals surface area (Å²) in [5.74, 6) is 0. The molecule has 0 radical (unpaired) electrons. The molecule has 0 aliphatic rings. The van der Waals surface area contributed by atoms with E-state index in [9.17, 15) is 0 Å². The van der Waals surface area contributed by atoms with Crippen molar-refractivity contribution in [2.45, 2.75) is 52.9 Å². The fourth-order valence-electron chi connectivity index (χ4n) is 5.96. The molecule has 0 fully saturated rings. The Morgan fingerprint density at radius 1 is 0.511 bits per heavy atom. The van der Waals surface area contributed by atoms with Crippen LogP contribution in [-0.4, -0.2) is 0 Å². The second-order valence-electron chi connectivity index (χ2n) is 12.8. The molecule has 0 unspecified atom stereocenters. The van der Waals surface area contributed by atoms with Crippen LogP contribution in [0.1, 0.15) is 50.3 Å². The quantitative estimate of drug-likeness (QED) is 0.126. The van der Waals surface area contributed by atoms with Crippen molar-refractivity contribution in [1.29, 1.82) is 0 Å². The number of para-hydroxylation sites is 3. The van der Waals surface area contributed by atoms with Crippen LogP contribution in [0.5, 0.6) is 0 Å². The minimum atomic E-state index is 0.234. The molecule has 45 heavy (non-hydrogen) atoms. The van der Waals surface area contributed by atoms with E-state index in [-0.39, 0.29) is 5.41 Å². The number of hydrogen-bond acceptors (Lipinski definition) is 2. The predicted molar refractivity (Wildman–Crippen MR) is 196 cm³/mol. The summed E-state index contributed by atoms with van der Waals surface area (Å²) in [7, 11) is 0. The molecule has 2 heteroatoms. The first-order valence-corrected chi connectivity index (χ1v) is 16.1. The molecule has 0 aromatic heterocycles. The monoisotopic (exact) mass is 590 g/mol. The van der Waals surface area contributed by atoms with Crippen molar-refractivity contribution in [3.63, 3.8) is 0 Å². The van der Waals surface area contributed by atoms with Crippen molar-refractivity contribution in [2.75, 3.05) is 9.80 Å². The van der Waals surface area contributed by atoms with E-state index in [2.05, 4.69) is 171 Å². The number of rotatable bonds is 13. The molecule has 0 N–H and O–H groups in total. The highest BCUT2D eigenvalue weighted by atomic mass is 15.2. The van der Waals surface area contributed by atoms with E-state index >= 15 is 0 Å². The molecule has 0 saturated heterocycles. The molecule has 0 spiro atoms. The summed E-state index contributed by atoms with van der Waals surface area (Å²) >= 11 is 0. The van der Waals surface area contributed by atoms with Crippen molar-refractivity contribution in [3.8, 4) is 0 Å². The number of hydrogen-bond donors (Lipinski definition) is 0. The Bertz CT molecular complexity index is 1620. The average Bonchev–Trinajstić information content (AvgIpc) is 3.05. The Kier molecular flexibility index (Phi) is 10.4. The van der Waals surface area contributed by atoms with Crippen molar-refractivity contribution < 1.29 is 0 Å². The topological polar surface area (TPSA) is 6.48 Å². The van der Waals surface area contributed by atoms with Crippen molar-refractivity contribution in [3.05, 3.63) is 169 Å². The van der Waals surface area contributed by atoms with Gasteiger partial charge < -0.3 is 9.80 Å². The molecule has 0 amide bonds. The van der Waals surface area contributed by atoms with Gasteiger partial charge in [-0.3, -0.25) is 0 Å². The van der Waals surface area contributed by atoms with Gasteiger partial charge in [0, 0.05) is 34.1 Å². The van der Waals surface area contributed by atoms with Crippen LogP contribution in [0.3, 0.4) is 0 Å². The first-order valence-electron chi connectivity index (χ1n) is 16.1. The third kappa shape index (κ3) is 8.02. The van der Waals surface area contributed by atoms with Gasteiger partial charge >= 0.3 is 0 Å². The Labute approximate surface area is 271 Å². The summed E-state index contributed by atoms with van der Waals surface area (Å²) in [6, 6.07) is 46.1. The van der Waals surface area contributed by atoms with Gasteiger partial charge in [0.1, 0.15) is 0 Å². The molecule has 0 heterocycles. The van der Waals surface area contributed by atoms with Gasteiger partial charge in [-0.1, -0.05) is 99.7 Å². The van der Waals surface area contributed by atoms with Gasteiger partial charge in [0.25, 0.3) is 0 Å². The minimum absolute atomic E-state index is 0.234. The molecule has 5 rings (SSSR count). The van der Waals surface area contributed by atoms with E-state index < -0.39 is 0 Å². The highest BCUT2D eigenvalue weighted by Gasteiger charge is 2.23. The smallest absolute Gasteiger partial charge is 0.0497 e. The number of nitrogens with zero attached hydrogens (tertiary/aromatic N) is 2. The average molecular weight is 591 g/mol. The standard InChI is InChI=1S/C43H46N2/c1-6-8-19-35-32-42(45(39-25-17-12-18-26-39)40-29-27-34(28-30-40)33-43(3,4)5)36(20-9-7-2)31-41(35)44(37-21-13-10-14-22-37)38-23-15-11-16-24-38/h6-7,10-18,21-32H,1-2,8-9,19-20,33H2,3-5H3. The van der Waals surface area contributed by atoms with Crippen LogP contribution in [0.4, 0.5) is 34.1 Å². The number of anilines is 6. The van der Waals surface area contributed by atoms with Gasteiger partial charge in [-0.05, 0) is 115 Å². The zero-order valence-electron chi connectivity index (χ0n) is 27.1. The lowest BCUT2D eigenvalue weighted by atomic mass is 9.88. The molecule has 0 bridgehead atoms. The predicted octanol–water partition coefficient (Wildman–Crippen LogP) is 12.5. The van der Waals surface area contributed by atoms with E-state index in [4.69, 9.17) is 0 Å². The molecule has 2 nitrogen and oxygen atoms in total. The van der Waals surface area contributed by atoms with Gasteiger partial charge in [0.05, 0.1) is 0 Å². The third-order valence-electron chi connectivity index (χ3n) is 7.97. The van der Waals surface area contributed by atoms with Crippen molar-refractivity contribution >= 4 is 34.1 Å². The minimum Gasteiger partial charge on any atom is -0.310 e. The van der Waals surface area contributed by atoms with Gasteiger partial charge in [0.15, 0.2) is 0 Å². The van der Waals surface area contributed by atoms with Gasteiger partial charge in [-0.15, -0.1) is 13.2 Å². The SMILES string of the molecule is C=CCCc1cc(N(c2ccccc2)c2ccc(CC(C)(C)C)cc2)c(CCC=C)cc1N(c1ccccc1)c1ccccc1. The maximum absolute atomic E-state index is 4.08. The van der Waals surface area contributed by atoms with Gasteiger partial charge in [-0.2, -0.15) is 0 Å². The van der Waals surface area contributed by atoms with Crippen molar-refractivity contribution in [2.24, 2.45) is 5.41 Å². The maximum atomic E-state index is 4.08. The lowest BCUT2D eigenvalue weighted by Gasteiger charge is -2.32. The zero-order valence-corrected chi connectivity index (χ0v) is 27.1. The lowest BCUT2D eigenvalue weighted by Crippen LogP contribution is -2.17. The molecular formula is C43H46N2. The van der Waals surface area contributed by atoms with Crippen LogP contribution < -0.4 is 9.80 Å². The van der Waals surface area contributed by atoms with Crippen LogP contribution in [-0.2, 0) is 19.3 Å². The fraction of sp³-hybridized carbons (Fsp3) is 0.209. The molecule has 0 aliphatic heterocycles. The largest absolute Gasteiger partial charge is 0.310 e. The van der Waals surface area contributed by atoms with Gasteiger partial charge in [-0.25, -0.2) is 0 Å². The van der Waals surface area contributed by atoms with Crippen LogP contribution in [0.25, 0.3) is 0 Å². The normalized spacial score (nSPS) is 11.2. The summed E-state index contributed by atoms with van der Waals surface area (Å²) in [6.45, 7) is 15.0. The van der Waals surface area contributed by atoms with Crippen LogP contribution in [0.15, 0.2) is 153 Å². The van der Waals surface area contributed by atoms with E-state index in [0.717, 1.165) is 54.9 Å². The number of benzene rings is 5. The second-order valence-corrected chi connectivity index (χ2v) is 12.8. The molecule has 0 aliphatic carbocycles. The summed E-state index contributed by atoms with van der Waals surface area (Å²) in [5, 5.41) is 0. The van der Waals surface area contributed by atoms with Crippen molar-refractivity contribution in [1.82, 2.24) is 0 Å². The Balaban J connectivity index is 1.74. The molecule has 5 aromatic rings. The van der Waals surface area contributed by atoms with E-state index in [0.29, 0.717) is 0 Å². The summed E-state index contributed by atoms with van der Waals surface area (Å²) in [4.78, 5) is 4.82. The first kappa shape index (κ1) is 31.6. The highest BCUT2D eigenvalue weighted by Crippen LogP contribution is 2.44.